The number of fused-ring (bicyclic) bond motifs is 1. The fourth-order valence-electron chi connectivity index (χ4n) is 2.92. The van der Waals surface area contributed by atoms with E-state index in [0.29, 0.717) is 29.2 Å². The Morgan fingerprint density at radius 3 is 2.47 bits per heavy atom. The van der Waals surface area contributed by atoms with Crippen molar-refractivity contribution in [2.75, 3.05) is 37.5 Å². The van der Waals surface area contributed by atoms with Crippen LogP contribution in [-0.4, -0.2) is 51.8 Å². The number of rotatable bonds is 6. The van der Waals surface area contributed by atoms with Gasteiger partial charge in [0.15, 0.2) is 6.61 Å². The molecule has 0 radical (unpaired) electrons. The van der Waals surface area contributed by atoms with Crippen LogP contribution in [0.5, 0.6) is 5.75 Å². The molecule has 0 atom stereocenters. The van der Waals surface area contributed by atoms with Crippen LogP contribution < -0.4 is 15.0 Å². The average Bonchev–Trinajstić information content (AvgIpc) is 2.70. The molecular formula is C21H23N3O5S. The van der Waals surface area contributed by atoms with Gasteiger partial charge in [0.2, 0.25) is 10.0 Å². The van der Waals surface area contributed by atoms with E-state index in [1.165, 1.54) is 38.4 Å². The van der Waals surface area contributed by atoms with Gasteiger partial charge in [0.1, 0.15) is 5.75 Å². The molecule has 9 heteroatoms. The molecule has 3 rings (SSSR count). The van der Waals surface area contributed by atoms with Crippen LogP contribution in [0.2, 0.25) is 0 Å². The fourth-order valence-corrected chi connectivity index (χ4v) is 3.82. The van der Waals surface area contributed by atoms with Gasteiger partial charge in [-0.05, 0) is 43.3 Å². The van der Waals surface area contributed by atoms with E-state index in [1.54, 1.807) is 23.1 Å². The summed E-state index contributed by atoms with van der Waals surface area (Å²) in [6.07, 6.45) is 0. The number of ether oxygens (including phenoxy) is 1. The molecule has 158 valence electrons. The molecule has 0 unspecified atom stereocenters. The number of carbonyl (C=O) groups is 2. The molecule has 1 aliphatic rings. The second kappa shape index (κ2) is 8.29. The molecule has 0 saturated heterocycles. The monoisotopic (exact) mass is 429 g/mol. The highest BCUT2D eigenvalue weighted by Gasteiger charge is 2.26. The van der Waals surface area contributed by atoms with Gasteiger partial charge in [-0.1, -0.05) is 12.2 Å². The predicted octanol–water partition coefficient (Wildman–Crippen LogP) is 2.49. The van der Waals surface area contributed by atoms with E-state index in [4.69, 9.17) is 4.74 Å². The molecule has 0 bridgehead atoms. The maximum atomic E-state index is 12.6. The number of hydrogen-bond donors (Lipinski definition) is 1. The molecule has 30 heavy (non-hydrogen) atoms. The van der Waals surface area contributed by atoms with E-state index in [9.17, 15) is 18.0 Å². The van der Waals surface area contributed by atoms with Gasteiger partial charge >= 0.3 is 0 Å². The predicted molar refractivity (Wildman–Crippen MR) is 114 cm³/mol. The Labute approximate surface area is 175 Å². The molecule has 0 saturated carbocycles. The first kappa shape index (κ1) is 21.5. The van der Waals surface area contributed by atoms with Crippen LogP contribution in [0, 0.1) is 0 Å². The Hall–Kier alpha value is -3.17. The number of amides is 2. The van der Waals surface area contributed by atoms with Crippen LogP contribution in [0.3, 0.4) is 0 Å². The zero-order valence-corrected chi connectivity index (χ0v) is 17.8. The van der Waals surface area contributed by atoms with E-state index >= 15 is 0 Å². The molecule has 0 spiro atoms. The van der Waals surface area contributed by atoms with Crippen molar-refractivity contribution in [3.8, 4) is 5.75 Å². The summed E-state index contributed by atoms with van der Waals surface area (Å²) in [5.41, 5.74) is 2.26. The molecule has 0 fully saturated rings. The smallest absolute Gasteiger partial charge is 0.265 e. The molecule has 1 aliphatic heterocycles. The Balaban J connectivity index is 1.78. The third kappa shape index (κ3) is 4.37. The van der Waals surface area contributed by atoms with E-state index in [1.807, 2.05) is 6.92 Å². The third-order valence-corrected chi connectivity index (χ3v) is 6.31. The Morgan fingerprint density at radius 1 is 1.20 bits per heavy atom. The molecule has 0 aliphatic carbocycles. The number of hydrogen-bond acceptors (Lipinski definition) is 5. The van der Waals surface area contributed by atoms with Crippen LogP contribution in [-0.2, 0) is 14.8 Å². The average molecular weight is 429 g/mol. The minimum Gasteiger partial charge on any atom is -0.481 e. The van der Waals surface area contributed by atoms with Gasteiger partial charge in [-0.2, -0.15) is 0 Å². The van der Waals surface area contributed by atoms with Gasteiger partial charge in [-0.25, -0.2) is 12.7 Å². The number of benzene rings is 2. The molecule has 2 amide bonds. The van der Waals surface area contributed by atoms with Crippen LogP contribution in [0.15, 0.2) is 59.5 Å². The molecule has 2 aromatic carbocycles. The van der Waals surface area contributed by atoms with Crippen molar-refractivity contribution in [3.63, 3.8) is 0 Å². The lowest BCUT2D eigenvalue weighted by Crippen LogP contribution is -2.39. The number of anilines is 2. The summed E-state index contributed by atoms with van der Waals surface area (Å²) in [5.74, 6) is -0.0643. The largest absolute Gasteiger partial charge is 0.481 e. The molecule has 2 aromatic rings. The Kier molecular flexibility index (Phi) is 5.95. The maximum absolute atomic E-state index is 12.6. The minimum atomic E-state index is -3.56. The summed E-state index contributed by atoms with van der Waals surface area (Å²) >= 11 is 0. The number of sulfonamides is 1. The highest BCUT2D eigenvalue weighted by molar-refractivity contribution is 7.89. The summed E-state index contributed by atoms with van der Waals surface area (Å²) in [6, 6.07) is 10.7. The molecular weight excluding hydrogens is 406 g/mol. The number of carbonyl (C=O) groups excluding carboxylic acids is 2. The van der Waals surface area contributed by atoms with E-state index in [0.717, 1.165) is 9.88 Å². The second-order valence-corrected chi connectivity index (χ2v) is 9.33. The summed E-state index contributed by atoms with van der Waals surface area (Å²) in [4.78, 5) is 26.4. The third-order valence-electron chi connectivity index (χ3n) is 4.48. The quantitative estimate of drug-likeness (QED) is 0.712. The van der Waals surface area contributed by atoms with Crippen LogP contribution in [0.25, 0.3) is 0 Å². The summed E-state index contributed by atoms with van der Waals surface area (Å²) in [6.45, 7) is 5.99. The van der Waals surface area contributed by atoms with Crippen molar-refractivity contribution in [1.29, 1.82) is 0 Å². The van der Waals surface area contributed by atoms with Crippen molar-refractivity contribution in [1.82, 2.24) is 4.31 Å². The zero-order chi connectivity index (χ0) is 22.1. The number of nitrogens with one attached hydrogen (secondary N) is 1. The number of nitrogens with zero attached hydrogens (tertiary/aromatic N) is 2. The lowest BCUT2D eigenvalue weighted by molar-refractivity contribution is -0.121. The second-order valence-electron chi connectivity index (χ2n) is 7.17. The van der Waals surface area contributed by atoms with E-state index in [2.05, 4.69) is 11.9 Å². The normalized spacial score (nSPS) is 13.6. The lowest BCUT2D eigenvalue weighted by Gasteiger charge is -2.29. The Bertz CT molecular complexity index is 1110. The van der Waals surface area contributed by atoms with Gasteiger partial charge < -0.3 is 15.0 Å². The van der Waals surface area contributed by atoms with E-state index < -0.39 is 15.9 Å². The first-order valence-electron chi connectivity index (χ1n) is 9.15. The summed E-state index contributed by atoms with van der Waals surface area (Å²) < 4.78 is 30.9. The highest BCUT2D eigenvalue weighted by atomic mass is 32.2. The topological polar surface area (TPSA) is 96.0 Å². The first-order valence-corrected chi connectivity index (χ1v) is 10.6. The van der Waals surface area contributed by atoms with Gasteiger partial charge in [-0.15, -0.1) is 0 Å². The summed E-state index contributed by atoms with van der Waals surface area (Å²) in [5, 5.41) is 2.76. The van der Waals surface area contributed by atoms with Crippen LogP contribution >= 0.6 is 0 Å². The first-order chi connectivity index (χ1) is 14.1. The van der Waals surface area contributed by atoms with Gasteiger partial charge in [0.25, 0.3) is 11.8 Å². The highest BCUT2D eigenvalue weighted by Crippen LogP contribution is 2.35. The standard InChI is InChI=1S/C21H23N3O5S/c1-14(2)12-24-18-10-7-16(11-19(18)29-13-20(24)25)22-21(26)15-5-8-17(9-6-15)30(27,28)23(3)4/h5-11H,1,12-13H2,2-4H3,(H,22,26). The minimum absolute atomic E-state index is 0.0838. The van der Waals surface area contributed by atoms with E-state index in [-0.39, 0.29) is 17.4 Å². The SMILES string of the molecule is C=C(C)CN1C(=O)COc2cc(NC(=O)c3ccc(S(=O)(=O)N(C)C)cc3)ccc21. The fraction of sp³-hybridized carbons (Fsp3) is 0.238. The van der Waals surface area contributed by atoms with Crippen LogP contribution in [0.4, 0.5) is 11.4 Å². The van der Waals surface area contributed by atoms with Gasteiger partial charge in [-0.3, -0.25) is 9.59 Å². The van der Waals surface area contributed by atoms with Crippen LogP contribution in [0.1, 0.15) is 17.3 Å². The molecule has 8 nitrogen and oxygen atoms in total. The molecule has 1 heterocycles. The van der Waals surface area contributed by atoms with Crippen molar-refractivity contribution in [3.05, 3.63) is 60.2 Å². The van der Waals surface area contributed by atoms with Crippen molar-refractivity contribution < 1.29 is 22.7 Å². The van der Waals surface area contributed by atoms with Crippen molar-refractivity contribution >= 4 is 33.2 Å². The van der Waals surface area contributed by atoms with Gasteiger partial charge in [0, 0.05) is 38.0 Å². The van der Waals surface area contributed by atoms with Crippen molar-refractivity contribution in [2.24, 2.45) is 0 Å². The lowest BCUT2D eigenvalue weighted by atomic mass is 10.1. The van der Waals surface area contributed by atoms with Gasteiger partial charge in [0.05, 0.1) is 10.6 Å². The zero-order valence-electron chi connectivity index (χ0n) is 17.0. The summed E-state index contributed by atoms with van der Waals surface area (Å²) in [7, 11) is -0.673. The molecule has 1 N–H and O–H groups in total. The molecule has 0 aromatic heterocycles. The maximum Gasteiger partial charge on any atom is 0.265 e. The van der Waals surface area contributed by atoms with Crippen molar-refractivity contribution in [2.45, 2.75) is 11.8 Å². The Morgan fingerprint density at radius 2 is 1.87 bits per heavy atom.